The van der Waals surface area contributed by atoms with Crippen molar-refractivity contribution in [3.05, 3.63) is 114 Å². The van der Waals surface area contributed by atoms with Crippen LogP contribution in [-0.4, -0.2) is 37.9 Å². The summed E-state index contributed by atoms with van der Waals surface area (Å²) in [6.07, 6.45) is 2.29. The minimum Gasteiger partial charge on any atom is -0.744 e. The number of amides is 3. The highest BCUT2D eigenvalue weighted by Crippen LogP contribution is 2.26. The Hall–Kier alpha value is -5.02. The maximum atomic E-state index is 12.3. The van der Waals surface area contributed by atoms with Crippen molar-refractivity contribution < 1.29 is 35.5 Å². The molecule has 4 N–H and O–H groups in total. The van der Waals surface area contributed by atoms with Crippen LogP contribution in [0.15, 0.2) is 107 Å². The van der Waals surface area contributed by atoms with E-state index in [0.29, 0.717) is 11.3 Å². The van der Waals surface area contributed by atoms with Crippen LogP contribution in [0, 0.1) is 0 Å². The average molecular weight is 607 g/mol. The van der Waals surface area contributed by atoms with Gasteiger partial charge in [0, 0.05) is 16.9 Å². The lowest BCUT2D eigenvalue weighted by atomic mass is 10.1. The second kappa shape index (κ2) is 12.7. The van der Waals surface area contributed by atoms with Gasteiger partial charge in [0.15, 0.2) is 0 Å². The Bertz CT molecular complexity index is 1860. The number of para-hydroxylation sites is 1. The molecule has 0 aliphatic heterocycles. The Balaban J connectivity index is 1.56. The summed E-state index contributed by atoms with van der Waals surface area (Å²) in [5.41, 5.74) is 5.60. The van der Waals surface area contributed by atoms with Crippen LogP contribution in [0.5, 0.6) is 0 Å². The summed E-state index contributed by atoms with van der Waals surface area (Å²) in [4.78, 5) is 23.2. The van der Waals surface area contributed by atoms with Crippen molar-refractivity contribution >= 4 is 61.4 Å². The molecule has 0 spiro atoms. The van der Waals surface area contributed by atoms with Gasteiger partial charge in [-0.25, -0.2) is 21.6 Å². The number of carbonyl (C=O) groups is 2. The smallest absolute Gasteiger partial charge is 0.323 e. The van der Waals surface area contributed by atoms with Crippen LogP contribution in [0.4, 0.5) is 21.9 Å². The Kier molecular flexibility index (Phi) is 9.02. The fraction of sp³-hybridized carbons (Fsp3) is 0. The van der Waals surface area contributed by atoms with E-state index in [0.717, 1.165) is 24.3 Å². The highest BCUT2D eigenvalue weighted by Gasteiger charge is 2.13. The Morgan fingerprint density at radius 2 is 1.07 bits per heavy atom. The van der Waals surface area contributed by atoms with Gasteiger partial charge in [-0.2, -0.15) is 0 Å². The van der Waals surface area contributed by atoms with Crippen LogP contribution in [0.2, 0.25) is 0 Å². The number of urea groups is 1. The van der Waals surface area contributed by atoms with Gasteiger partial charge < -0.3 is 19.7 Å². The zero-order valence-electron chi connectivity index (χ0n) is 21.5. The van der Waals surface area contributed by atoms with Gasteiger partial charge in [-0.05, 0) is 59.7 Å². The van der Waals surface area contributed by atoms with Crippen molar-refractivity contribution in [3.63, 3.8) is 0 Å². The first-order valence-electron chi connectivity index (χ1n) is 12.0. The quantitative estimate of drug-likeness (QED) is 0.123. The molecule has 0 fully saturated rings. The molecule has 0 radical (unpaired) electrons. The van der Waals surface area contributed by atoms with Crippen LogP contribution in [0.1, 0.15) is 21.5 Å². The molecule has 0 aliphatic rings. The summed E-state index contributed by atoms with van der Waals surface area (Å²) in [7, 11) is -10.1. The van der Waals surface area contributed by atoms with E-state index in [4.69, 9.17) is 0 Å². The van der Waals surface area contributed by atoms with E-state index < -0.39 is 42.0 Å². The van der Waals surface area contributed by atoms with E-state index >= 15 is 0 Å². The lowest BCUT2D eigenvalue weighted by molar-refractivity contribution is 0.0962. The summed E-state index contributed by atoms with van der Waals surface area (Å²) in [6.45, 7) is 0. The molecule has 12 nitrogen and oxygen atoms in total. The van der Waals surface area contributed by atoms with E-state index in [1.54, 1.807) is 60.7 Å². The zero-order chi connectivity index (χ0) is 30.3. The second-order valence-electron chi connectivity index (χ2n) is 8.64. The molecular weight excluding hydrogens is 584 g/mol. The second-order valence-corrected chi connectivity index (χ2v) is 11.3. The van der Waals surface area contributed by atoms with Gasteiger partial charge >= 0.3 is 6.03 Å². The van der Waals surface area contributed by atoms with Crippen molar-refractivity contribution in [3.8, 4) is 0 Å². The number of hydrogen-bond acceptors (Lipinski definition) is 9. The minimum atomic E-state index is -5.04. The SMILES string of the molecule is O=C(Nc1ccccc1)Nc1ccc(/C=C/c2ccc(NNC(=O)c3ccccc3)cc2S(=O)(=O)[O-])c(S(=O)(=O)[O-])c1. The molecule has 4 aromatic carbocycles. The Morgan fingerprint density at radius 3 is 1.62 bits per heavy atom. The van der Waals surface area contributed by atoms with Crippen molar-refractivity contribution in [1.82, 2.24) is 5.43 Å². The van der Waals surface area contributed by atoms with Crippen molar-refractivity contribution in [2.45, 2.75) is 9.79 Å². The summed E-state index contributed by atoms with van der Waals surface area (Å²) in [5, 5.41) is 4.99. The standard InChI is InChI=1S/C28H24N4O8S2/c33-27(21-7-3-1-4-8-21)32-31-24-16-14-20(26(18-24)42(38,39)40)12-11-19-13-15-23(17-25(19)41(35,36)37)30-28(34)29-22-9-5-2-6-10-22/h1-18,31H,(H,32,33)(H2,29,30,34)(H,35,36,37)(H,38,39,40)/p-2/b12-11+. The molecule has 14 heteroatoms. The van der Waals surface area contributed by atoms with Crippen molar-refractivity contribution in [2.75, 3.05) is 16.1 Å². The minimum absolute atomic E-state index is 0.00538. The molecule has 216 valence electrons. The average Bonchev–Trinajstić information content (AvgIpc) is 2.95. The molecule has 4 rings (SSSR count). The van der Waals surface area contributed by atoms with Crippen molar-refractivity contribution in [2.24, 2.45) is 0 Å². The number of hydrazine groups is 1. The topological polar surface area (TPSA) is 197 Å². The fourth-order valence-electron chi connectivity index (χ4n) is 3.72. The first-order chi connectivity index (χ1) is 19.9. The largest absolute Gasteiger partial charge is 0.744 e. The van der Waals surface area contributed by atoms with Gasteiger partial charge in [-0.1, -0.05) is 60.7 Å². The molecule has 0 atom stereocenters. The first-order valence-corrected chi connectivity index (χ1v) is 14.8. The first kappa shape index (κ1) is 30.0. The van der Waals surface area contributed by atoms with Gasteiger partial charge in [0.25, 0.3) is 5.91 Å². The van der Waals surface area contributed by atoms with E-state index in [2.05, 4.69) is 21.5 Å². The maximum absolute atomic E-state index is 12.3. The predicted molar refractivity (Wildman–Crippen MR) is 154 cm³/mol. The number of nitrogens with one attached hydrogen (secondary N) is 4. The van der Waals surface area contributed by atoms with Gasteiger partial charge in [0.05, 0.1) is 15.5 Å². The van der Waals surface area contributed by atoms with Crippen LogP contribution < -0.4 is 21.5 Å². The van der Waals surface area contributed by atoms with Gasteiger partial charge in [0.1, 0.15) is 20.2 Å². The van der Waals surface area contributed by atoms with Crippen molar-refractivity contribution in [1.29, 1.82) is 0 Å². The van der Waals surface area contributed by atoms with E-state index in [-0.39, 0.29) is 22.5 Å². The molecule has 0 aliphatic carbocycles. The van der Waals surface area contributed by atoms with E-state index in [1.807, 2.05) is 0 Å². The molecule has 0 unspecified atom stereocenters. The van der Waals surface area contributed by atoms with Gasteiger partial charge in [-0.3, -0.25) is 15.6 Å². The van der Waals surface area contributed by atoms with Crippen LogP contribution in [-0.2, 0) is 20.2 Å². The third kappa shape index (κ3) is 8.02. The summed E-state index contributed by atoms with van der Waals surface area (Å²) in [5.74, 6) is -0.507. The lowest BCUT2D eigenvalue weighted by Gasteiger charge is -2.15. The number of carbonyl (C=O) groups excluding carboxylic acids is 2. The monoisotopic (exact) mass is 606 g/mol. The number of hydrogen-bond donors (Lipinski definition) is 4. The number of anilines is 3. The predicted octanol–water partition coefficient (Wildman–Crippen LogP) is 4.07. The molecule has 0 aromatic heterocycles. The van der Waals surface area contributed by atoms with E-state index in [1.165, 1.54) is 24.3 Å². The normalized spacial score (nSPS) is 11.6. The molecule has 0 saturated heterocycles. The Morgan fingerprint density at radius 1 is 0.595 bits per heavy atom. The zero-order valence-corrected chi connectivity index (χ0v) is 23.1. The molecular formula is C28H22N4O8S2-2. The molecule has 0 heterocycles. The molecule has 3 amide bonds. The summed E-state index contributed by atoms with van der Waals surface area (Å²) < 4.78 is 71.9. The molecule has 0 saturated carbocycles. The van der Waals surface area contributed by atoms with E-state index in [9.17, 15) is 35.5 Å². The third-order valence-corrected chi connectivity index (χ3v) is 7.44. The van der Waals surface area contributed by atoms with Gasteiger partial charge in [0.2, 0.25) is 0 Å². The van der Waals surface area contributed by atoms with Crippen LogP contribution >= 0.6 is 0 Å². The number of benzene rings is 4. The molecule has 4 aromatic rings. The lowest BCUT2D eigenvalue weighted by Crippen LogP contribution is -2.29. The highest BCUT2D eigenvalue weighted by atomic mass is 32.2. The van der Waals surface area contributed by atoms with Crippen LogP contribution in [0.25, 0.3) is 12.2 Å². The Labute approximate surface area is 241 Å². The fourth-order valence-corrected chi connectivity index (χ4v) is 5.11. The van der Waals surface area contributed by atoms with Gasteiger partial charge in [-0.15, -0.1) is 0 Å². The number of rotatable bonds is 9. The molecule has 42 heavy (non-hydrogen) atoms. The molecule has 0 bridgehead atoms. The third-order valence-electron chi connectivity index (χ3n) is 5.65. The highest BCUT2D eigenvalue weighted by molar-refractivity contribution is 7.86. The van der Waals surface area contributed by atoms with Crippen LogP contribution in [0.3, 0.4) is 0 Å². The summed E-state index contributed by atoms with van der Waals surface area (Å²) >= 11 is 0. The summed E-state index contributed by atoms with van der Waals surface area (Å²) in [6, 6.07) is 23.1. The maximum Gasteiger partial charge on any atom is 0.323 e.